The van der Waals surface area contributed by atoms with Crippen molar-refractivity contribution in [2.45, 2.75) is 13.0 Å². The molecule has 0 spiro atoms. The first-order valence-corrected chi connectivity index (χ1v) is 6.10. The maximum Gasteiger partial charge on any atom is 0.245 e. The predicted molar refractivity (Wildman–Crippen MR) is 70.3 cm³/mol. The van der Waals surface area contributed by atoms with Gasteiger partial charge in [0.05, 0.1) is 30.6 Å². The number of fused-ring (bicyclic) bond motifs is 1. The first-order chi connectivity index (χ1) is 9.31. The third-order valence-corrected chi connectivity index (χ3v) is 2.68. The molecule has 0 aliphatic rings. The van der Waals surface area contributed by atoms with Crippen LogP contribution in [-0.2, 0) is 20.9 Å². The summed E-state index contributed by atoms with van der Waals surface area (Å²) in [7, 11) is 1.58. The molecule has 0 aliphatic carbocycles. The summed E-state index contributed by atoms with van der Waals surface area (Å²) in [6.07, 6.45) is 2.08. The van der Waals surface area contributed by atoms with E-state index in [4.69, 9.17) is 9.57 Å². The van der Waals surface area contributed by atoms with Gasteiger partial charge in [-0.2, -0.15) is 0 Å². The number of rotatable bonds is 7. The van der Waals surface area contributed by atoms with Gasteiger partial charge >= 0.3 is 0 Å². The maximum atomic E-state index is 11.5. The van der Waals surface area contributed by atoms with Crippen LogP contribution in [0, 0.1) is 0 Å². The molecular weight excluding hydrogens is 246 g/mol. The highest BCUT2D eigenvalue weighted by Crippen LogP contribution is 2.11. The number of hydrogen-bond acceptors (Lipinski definition) is 4. The molecule has 1 aromatic carbocycles. The van der Waals surface area contributed by atoms with Gasteiger partial charge in [0.15, 0.2) is 0 Å². The molecule has 0 saturated heterocycles. The molecule has 6 heteroatoms. The number of amides is 1. The van der Waals surface area contributed by atoms with Crippen LogP contribution in [0.4, 0.5) is 0 Å². The molecule has 2 rings (SSSR count). The van der Waals surface area contributed by atoms with Gasteiger partial charge in [-0.3, -0.25) is 9.63 Å². The Balaban J connectivity index is 1.80. The van der Waals surface area contributed by atoms with E-state index >= 15 is 0 Å². The van der Waals surface area contributed by atoms with Gasteiger partial charge in [0.1, 0.15) is 0 Å². The van der Waals surface area contributed by atoms with E-state index in [0.29, 0.717) is 26.2 Å². The number of carbonyl (C=O) groups is 1. The van der Waals surface area contributed by atoms with Gasteiger partial charge in [-0.05, 0) is 12.1 Å². The standard InChI is InChI=1S/C13H17N3O3/c1-18-8-9-19-15-13(17)6-7-16-10-14-11-4-2-3-5-12(11)16/h2-5,10H,6-9H2,1H3,(H,15,17). The van der Waals surface area contributed by atoms with E-state index in [9.17, 15) is 4.79 Å². The molecular formula is C13H17N3O3. The Morgan fingerprint density at radius 3 is 3.05 bits per heavy atom. The van der Waals surface area contributed by atoms with Crippen LogP contribution in [0.15, 0.2) is 30.6 Å². The molecule has 1 aromatic heterocycles. The van der Waals surface area contributed by atoms with Crippen molar-refractivity contribution in [1.29, 1.82) is 0 Å². The Kier molecular flexibility index (Phi) is 4.88. The second kappa shape index (κ2) is 6.86. The summed E-state index contributed by atoms with van der Waals surface area (Å²) in [6, 6.07) is 7.82. The number of imidazole rings is 1. The summed E-state index contributed by atoms with van der Waals surface area (Å²) < 4.78 is 6.75. The fraction of sp³-hybridized carbons (Fsp3) is 0.385. The van der Waals surface area contributed by atoms with Crippen LogP contribution >= 0.6 is 0 Å². The molecule has 0 unspecified atom stereocenters. The van der Waals surface area contributed by atoms with Crippen LogP contribution in [-0.4, -0.2) is 35.8 Å². The van der Waals surface area contributed by atoms with Crippen molar-refractivity contribution >= 4 is 16.9 Å². The number of para-hydroxylation sites is 2. The Hall–Kier alpha value is -1.92. The van der Waals surface area contributed by atoms with Crippen molar-refractivity contribution in [3.63, 3.8) is 0 Å². The number of hydroxylamine groups is 1. The average Bonchev–Trinajstić information content (AvgIpc) is 2.85. The fourth-order valence-electron chi connectivity index (χ4n) is 1.72. The van der Waals surface area contributed by atoms with Crippen molar-refractivity contribution in [2.24, 2.45) is 0 Å². The molecule has 1 amide bonds. The van der Waals surface area contributed by atoms with Crippen molar-refractivity contribution < 1.29 is 14.4 Å². The number of carbonyl (C=O) groups excluding carboxylic acids is 1. The number of nitrogens with one attached hydrogen (secondary N) is 1. The third-order valence-electron chi connectivity index (χ3n) is 2.68. The zero-order chi connectivity index (χ0) is 13.5. The van der Waals surface area contributed by atoms with Crippen LogP contribution in [0.25, 0.3) is 11.0 Å². The summed E-state index contributed by atoms with van der Waals surface area (Å²) in [6.45, 7) is 1.36. The van der Waals surface area contributed by atoms with E-state index in [1.807, 2.05) is 28.8 Å². The van der Waals surface area contributed by atoms with Gasteiger partial charge in [0, 0.05) is 20.1 Å². The average molecular weight is 263 g/mol. The highest BCUT2D eigenvalue weighted by molar-refractivity contribution is 5.76. The maximum absolute atomic E-state index is 11.5. The Morgan fingerprint density at radius 1 is 1.37 bits per heavy atom. The van der Waals surface area contributed by atoms with Gasteiger partial charge < -0.3 is 9.30 Å². The van der Waals surface area contributed by atoms with Crippen LogP contribution in [0.1, 0.15) is 6.42 Å². The molecule has 0 radical (unpaired) electrons. The van der Waals surface area contributed by atoms with Crippen molar-refractivity contribution in [1.82, 2.24) is 15.0 Å². The molecule has 1 heterocycles. The van der Waals surface area contributed by atoms with Gasteiger partial charge in [0.25, 0.3) is 0 Å². The summed E-state index contributed by atoms with van der Waals surface area (Å²) in [4.78, 5) is 20.7. The number of ether oxygens (including phenoxy) is 1. The van der Waals surface area contributed by atoms with Gasteiger partial charge in [-0.15, -0.1) is 0 Å². The monoisotopic (exact) mass is 263 g/mol. The molecule has 102 valence electrons. The Labute approximate surface area is 111 Å². The topological polar surface area (TPSA) is 65.4 Å². The minimum absolute atomic E-state index is 0.158. The summed E-state index contributed by atoms with van der Waals surface area (Å²) in [5.41, 5.74) is 4.33. The van der Waals surface area contributed by atoms with Crippen LogP contribution in [0.5, 0.6) is 0 Å². The lowest BCUT2D eigenvalue weighted by Gasteiger charge is -2.06. The molecule has 0 saturated carbocycles. The van der Waals surface area contributed by atoms with Crippen molar-refractivity contribution in [3.05, 3.63) is 30.6 Å². The molecule has 6 nitrogen and oxygen atoms in total. The smallest absolute Gasteiger partial charge is 0.245 e. The second-order valence-electron chi connectivity index (χ2n) is 4.04. The van der Waals surface area contributed by atoms with Gasteiger partial charge in [-0.1, -0.05) is 12.1 Å². The zero-order valence-electron chi connectivity index (χ0n) is 10.8. The van der Waals surface area contributed by atoms with Crippen molar-refractivity contribution in [2.75, 3.05) is 20.3 Å². The van der Waals surface area contributed by atoms with E-state index in [2.05, 4.69) is 10.5 Å². The van der Waals surface area contributed by atoms with E-state index in [0.717, 1.165) is 11.0 Å². The lowest BCUT2D eigenvalue weighted by molar-refractivity contribution is -0.134. The van der Waals surface area contributed by atoms with E-state index in [-0.39, 0.29) is 5.91 Å². The molecule has 0 atom stereocenters. The van der Waals surface area contributed by atoms with E-state index < -0.39 is 0 Å². The number of hydrogen-bond donors (Lipinski definition) is 1. The second-order valence-corrected chi connectivity index (χ2v) is 4.04. The van der Waals surface area contributed by atoms with Crippen LogP contribution in [0.2, 0.25) is 0 Å². The first kappa shape index (κ1) is 13.5. The highest BCUT2D eigenvalue weighted by Gasteiger charge is 2.05. The largest absolute Gasteiger partial charge is 0.382 e. The number of aromatic nitrogens is 2. The molecule has 19 heavy (non-hydrogen) atoms. The van der Waals surface area contributed by atoms with Gasteiger partial charge in [0.2, 0.25) is 5.91 Å². The molecule has 0 fully saturated rings. The SMILES string of the molecule is COCCONC(=O)CCn1cnc2ccccc21. The Morgan fingerprint density at radius 2 is 2.21 bits per heavy atom. The van der Waals surface area contributed by atoms with Crippen LogP contribution in [0.3, 0.4) is 0 Å². The van der Waals surface area contributed by atoms with E-state index in [1.54, 1.807) is 13.4 Å². The summed E-state index contributed by atoms with van der Waals surface area (Å²) >= 11 is 0. The number of aryl methyl sites for hydroxylation is 1. The first-order valence-electron chi connectivity index (χ1n) is 6.10. The quantitative estimate of drug-likeness (QED) is 0.600. The molecule has 1 N–H and O–H groups in total. The molecule has 0 bridgehead atoms. The Bertz CT molecular complexity index is 539. The minimum Gasteiger partial charge on any atom is -0.382 e. The lowest BCUT2D eigenvalue weighted by Crippen LogP contribution is -2.26. The highest BCUT2D eigenvalue weighted by atomic mass is 16.7. The van der Waals surface area contributed by atoms with Crippen LogP contribution < -0.4 is 5.48 Å². The fourth-order valence-corrected chi connectivity index (χ4v) is 1.72. The summed E-state index contributed by atoms with van der Waals surface area (Å²) in [5, 5.41) is 0. The van der Waals surface area contributed by atoms with E-state index in [1.165, 1.54) is 0 Å². The molecule has 0 aliphatic heterocycles. The number of nitrogens with zero attached hydrogens (tertiary/aromatic N) is 2. The molecule has 2 aromatic rings. The lowest BCUT2D eigenvalue weighted by atomic mass is 10.3. The summed E-state index contributed by atoms with van der Waals surface area (Å²) in [5.74, 6) is -0.158. The predicted octanol–water partition coefficient (Wildman–Crippen LogP) is 1.12. The minimum atomic E-state index is -0.158. The van der Waals surface area contributed by atoms with Crippen molar-refractivity contribution in [3.8, 4) is 0 Å². The zero-order valence-corrected chi connectivity index (χ0v) is 10.8. The van der Waals surface area contributed by atoms with Gasteiger partial charge in [-0.25, -0.2) is 10.5 Å². The number of methoxy groups -OCH3 is 1. The normalized spacial score (nSPS) is 10.8. The third kappa shape index (κ3) is 3.77. The number of benzene rings is 1.